The molecule has 2 aromatic carbocycles. The van der Waals surface area contributed by atoms with Crippen molar-refractivity contribution >= 4 is 19.9 Å². The van der Waals surface area contributed by atoms with Crippen LogP contribution in [-0.4, -0.2) is 45.7 Å². The molecule has 1 fully saturated rings. The second-order valence-electron chi connectivity index (χ2n) is 8.91. The lowest BCUT2D eigenvalue weighted by Gasteiger charge is -2.54. The van der Waals surface area contributed by atoms with Gasteiger partial charge in [0.2, 0.25) is 0 Å². The van der Waals surface area contributed by atoms with Gasteiger partial charge in [-0.25, -0.2) is 30.3 Å². The number of fused-ring (bicyclic) bond motifs is 3. The van der Waals surface area contributed by atoms with E-state index in [1.54, 1.807) is 0 Å². The van der Waals surface area contributed by atoms with E-state index < -0.39 is 107 Å². The molecule has 210 valence electrons. The minimum absolute atomic E-state index is 0.411. The van der Waals surface area contributed by atoms with Crippen LogP contribution < -0.4 is 9.46 Å². The minimum atomic E-state index is -5.96. The van der Waals surface area contributed by atoms with Gasteiger partial charge in [0, 0.05) is 6.04 Å². The SMILES string of the molecule is O=S(=O)(NC1CCC2(S(=O)(=O)c3ccc(C(F)(F)F)cc3)c3c(F)ccc(F)c3OC[C@@]2(O)C1)C(F)(F)F. The summed E-state index contributed by atoms with van der Waals surface area (Å²) < 4.78 is 162. The zero-order valence-corrected chi connectivity index (χ0v) is 20.3. The summed E-state index contributed by atoms with van der Waals surface area (Å²) in [4.78, 5) is -0.838. The topological polar surface area (TPSA) is 110 Å². The molecule has 1 saturated carbocycles. The van der Waals surface area contributed by atoms with E-state index in [-0.39, 0.29) is 0 Å². The van der Waals surface area contributed by atoms with Gasteiger partial charge in [-0.15, -0.1) is 0 Å². The lowest BCUT2D eigenvalue weighted by atomic mass is 9.68. The molecule has 17 heteroatoms. The van der Waals surface area contributed by atoms with E-state index in [0.717, 1.165) is 0 Å². The molecule has 2 N–H and O–H groups in total. The summed E-state index contributed by atoms with van der Waals surface area (Å²) >= 11 is 0. The maximum absolute atomic E-state index is 15.2. The average molecular weight is 595 g/mol. The summed E-state index contributed by atoms with van der Waals surface area (Å²) in [6.45, 7) is -1.12. The highest BCUT2D eigenvalue weighted by Crippen LogP contribution is 2.58. The Labute approximate surface area is 210 Å². The fraction of sp³-hybridized carbons (Fsp3) is 0.429. The van der Waals surface area contributed by atoms with Gasteiger partial charge in [-0.3, -0.25) is 0 Å². The predicted octanol–water partition coefficient (Wildman–Crippen LogP) is 3.77. The molecule has 0 spiro atoms. The van der Waals surface area contributed by atoms with Crippen LogP contribution in [0, 0.1) is 11.6 Å². The van der Waals surface area contributed by atoms with Crippen LogP contribution in [0.4, 0.5) is 35.1 Å². The van der Waals surface area contributed by atoms with Gasteiger partial charge in [-0.05, 0) is 55.7 Å². The molecule has 1 aliphatic carbocycles. The Kier molecular flexibility index (Phi) is 6.57. The van der Waals surface area contributed by atoms with E-state index in [0.29, 0.717) is 36.4 Å². The number of halogens is 8. The lowest BCUT2D eigenvalue weighted by Crippen LogP contribution is -2.67. The Balaban J connectivity index is 1.91. The molecule has 2 unspecified atom stereocenters. The number of hydrogen-bond acceptors (Lipinski definition) is 6. The summed E-state index contributed by atoms with van der Waals surface area (Å²) in [6.07, 6.45) is -7.57. The number of rotatable bonds is 4. The normalized spacial score (nSPS) is 26.3. The third-order valence-electron chi connectivity index (χ3n) is 6.68. The highest BCUT2D eigenvalue weighted by atomic mass is 32.2. The first kappa shape index (κ1) is 28.5. The molecular formula is C21H17F8NO6S2. The van der Waals surface area contributed by atoms with Gasteiger partial charge in [0.05, 0.1) is 16.0 Å². The van der Waals surface area contributed by atoms with E-state index in [1.165, 1.54) is 4.72 Å². The summed E-state index contributed by atoms with van der Waals surface area (Å²) in [5, 5.41) is 11.6. The van der Waals surface area contributed by atoms with Crippen molar-refractivity contribution in [3.8, 4) is 5.75 Å². The van der Waals surface area contributed by atoms with Crippen LogP contribution in [0.3, 0.4) is 0 Å². The van der Waals surface area contributed by atoms with Gasteiger partial charge in [0.15, 0.2) is 21.4 Å². The molecule has 4 rings (SSSR count). The lowest BCUT2D eigenvalue weighted by molar-refractivity contribution is -0.137. The summed E-state index contributed by atoms with van der Waals surface area (Å²) in [5.74, 6) is -3.55. The first-order chi connectivity index (χ1) is 17.3. The van der Waals surface area contributed by atoms with Gasteiger partial charge < -0.3 is 9.84 Å². The van der Waals surface area contributed by atoms with Crippen LogP contribution in [0.5, 0.6) is 5.75 Å². The van der Waals surface area contributed by atoms with Crippen molar-refractivity contribution in [3.63, 3.8) is 0 Å². The molecule has 0 radical (unpaired) electrons. The first-order valence-corrected chi connectivity index (χ1v) is 13.6. The zero-order valence-electron chi connectivity index (χ0n) is 18.7. The van der Waals surface area contributed by atoms with E-state index in [1.807, 2.05) is 0 Å². The minimum Gasteiger partial charge on any atom is -0.487 e. The van der Waals surface area contributed by atoms with Gasteiger partial charge in [0.25, 0.3) is 0 Å². The predicted molar refractivity (Wildman–Crippen MR) is 113 cm³/mol. The van der Waals surface area contributed by atoms with E-state index in [2.05, 4.69) is 0 Å². The van der Waals surface area contributed by atoms with Gasteiger partial charge >= 0.3 is 21.7 Å². The Hall–Kier alpha value is -2.50. The Morgan fingerprint density at radius 1 is 0.921 bits per heavy atom. The molecule has 0 amide bonds. The van der Waals surface area contributed by atoms with Crippen molar-refractivity contribution < 1.29 is 61.8 Å². The quantitative estimate of drug-likeness (QED) is 0.521. The molecule has 0 bridgehead atoms. The zero-order chi connectivity index (χ0) is 28.5. The molecule has 1 aliphatic heterocycles. The van der Waals surface area contributed by atoms with E-state index in [9.17, 15) is 52.7 Å². The second-order valence-corrected chi connectivity index (χ2v) is 12.8. The van der Waals surface area contributed by atoms with Crippen LogP contribution in [-0.2, 0) is 30.8 Å². The first-order valence-electron chi connectivity index (χ1n) is 10.6. The van der Waals surface area contributed by atoms with Gasteiger partial charge in [0.1, 0.15) is 22.8 Å². The maximum atomic E-state index is 15.2. The molecule has 0 saturated heterocycles. The molecule has 1 heterocycles. The van der Waals surface area contributed by atoms with E-state index in [4.69, 9.17) is 4.74 Å². The van der Waals surface area contributed by atoms with Crippen LogP contribution in [0.25, 0.3) is 0 Å². The van der Waals surface area contributed by atoms with Crippen LogP contribution in [0.15, 0.2) is 41.3 Å². The number of ether oxygens (including phenoxy) is 1. The summed E-state index contributed by atoms with van der Waals surface area (Å²) in [7, 11) is -11.1. The molecule has 38 heavy (non-hydrogen) atoms. The summed E-state index contributed by atoms with van der Waals surface area (Å²) in [6, 6.07) is 1.30. The third-order valence-corrected chi connectivity index (χ3v) is 10.5. The fourth-order valence-electron chi connectivity index (χ4n) is 4.99. The van der Waals surface area contributed by atoms with Crippen molar-refractivity contribution in [1.82, 2.24) is 4.72 Å². The van der Waals surface area contributed by atoms with Crippen molar-refractivity contribution in [2.75, 3.05) is 6.61 Å². The monoisotopic (exact) mass is 595 g/mol. The number of benzene rings is 2. The Morgan fingerprint density at radius 2 is 1.50 bits per heavy atom. The average Bonchev–Trinajstić information content (AvgIpc) is 2.79. The number of aliphatic hydroxyl groups is 1. The van der Waals surface area contributed by atoms with Crippen molar-refractivity contribution in [2.24, 2.45) is 0 Å². The van der Waals surface area contributed by atoms with Crippen molar-refractivity contribution in [2.45, 2.75) is 52.2 Å². The number of hydrogen-bond donors (Lipinski definition) is 2. The van der Waals surface area contributed by atoms with Crippen molar-refractivity contribution in [1.29, 1.82) is 0 Å². The molecule has 0 aromatic heterocycles. The number of alkyl halides is 6. The summed E-state index contributed by atoms with van der Waals surface area (Å²) in [5.41, 5.74) is -10.9. The molecule has 7 nitrogen and oxygen atoms in total. The van der Waals surface area contributed by atoms with Crippen molar-refractivity contribution in [3.05, 3.63) is 59.2 Å². The smallest absolute Gasteiger partial charge is 0.487 e. The van der Waals surface area contributed by atoms with Gasteiger partial charge in [-0.1, -0.05) is 0 Å². The van der Waals surface area contributed by atoms with Crippen LogP contribution in [0.2, 0.25) is 0 Å². The standard InChI is InChI=1S/C21H17F8NO6S2/c22-14-5-6-15(23)17-16(14)19(37(32,33)13-3-1-11(2-4-13)20(24,25)26)8-7-12(9-18(19,31)10-36-17)30-38(34,35)21(27,28)29/h1-6,12,30-31H,7-10H2/t12?,18-,19?/m0/s1. The fourth-order valence-corrected chi connectivity index (χ4v) is 8.15. The van der Waals surface area contributed by atoms with Crippen LogP contribution >= 0.6 is 0 Å². The Bertz CT molecular complexity index is 1470. The third kappa shape index (κ3) is 4.23. The molecule has 2 aromatic rings. The van der Waals surface area contributed by atoms with Gasteiger partial charge in [-0.2, -0.15) is 26.3 Å². The molecule has 3 atom stereocenters. The highest BCUT2D eigenvalue weighted by Gasteiger charge is 2.68. The second kappa shape index (κ2) is 8.76. The Morgan fingerprint density at radius 3 is 2.05 bits per heavy atom. The number of sulfone groups is 1. The number of nitrogens with one attached hydrogen (secondary N) is 1. The number of sulfonamides is 1. The van der Waals surface area contributed by atoms with E-state index >= 15 is 4.39 Å². The van der Waals surface area contributed by atoms with Crippen LogP contribution in [0.1, 0.15) is 30.4 Å². The molecular weight excluding hydrogens is 578 g/mol. The molecule has 2 aliphatic rings. The largest absolute Gasteiger partial charge is 0.511 e. The highest BCUT2D eigenvalue weighted by molar-refractivity contribution is 7.92. The maximum Gasteiger partial charge on any atom is 0.511 e.